The largest absolute Gasteiger partial charge is 0.496 e. The number of ether oxygens (including phenoxy) is 3. The molecule has 7 rings (SSSR count). The van der Waals surface area contributed by atoms with Crippen LogP contribution in [0.3, 0.4) is 0 Å². The van der Waals surface area contributed by atoms with Crippen LogP contribution in [0.2, 0.25) is 0 Å². The van der Waals surface area contributed by atoms with E-state index in [0.29, 0.717) is 66.1 Å². The first-order chi connectivity index (χ1) is 21.2. The van der Waals surface area contributed by atoms with E-state index in [4.69, 9.17) is 18.6 Å². The van der Waals surface area contributed by atoms with E-state index in [-0.39, 0.29) is 29.9 Å². The number of hydrogen-bond acceptors (Lipinski definition) is 11. The van der Waals surface area contributed by atoms with E-state index in [1.165, 1.54) is 22.2 Å². The molecule has 0 aliphatic carbocycles. The van der Waals surface area contributed by atoms with Crippen LogP contribution in [0.15, 0.2) is 50.7 Å². The molecular formula is C31H37N5O7S. The Balaban J connectivity index is 1.33. The summed E-state index contributed by atoms with van der Waals surface area (Å²) in [4.78, 5) is 34.2. The van der Waals surface area contributed by atoms with Gasteiger partial charge < -0.3 is 23.7 Å². The van der Waals surface area contributed by atoms with Gasteiger partial charge in [0, 0.05) is 45.0 Å². The van der Waals surface area contributed by atoms with Crippen molar-refractivity contribution in [2.45, 2.75) is 57.1 Å². The molecule has 3 fully saturated rings. The van der Waals surface area contributed by atoms with Gasteiger partial charge in [0.25, 0.3) is 5.56 Å². The third kappa shape index (κ3) is 5.21. The average Bonchev–Trinajstić information content (AvgIpc) is 3.63. The van der Waals surface area contributed by atoms with Gasteiger partial charge in [-0.25, -0.2) is 19.8 Å². The fourth-order valence-electron chi connectivity index (χ4n) is 6.51. The molecule has 234 valence electrons. The molecule has 3 aromatic heterocycles. The summed E-state index contributed by atoms with van der Waals surface area (Å²) >= 11 is 1.33. The van der Waals surface area contributed by atoms with Gasteiger partial charge in [-0.1, -0.05) is 18.2 Å². The lowest BCUT2D eigenvalue weighted by molar-refractivity contribution is -0.217. The lowest BCUT2D eigenvalue weighted by Gasteiger charge is -2.55. The molecule has 0 saturated carbocycles. The van der Waals surface area contributed by atoms with E-state index in [1.807, 2.05) is 38.1 Å². The maximum absolute atomic E-state index is 14.4. The first-order valence-electron chi connectivity index (χ1n) is 15.0. The van der Waals surface area contributed by atoms with Gasteiger partial charge in [0.15, 0.2) is 0 Å². The number of hydrazine groups is 1. The van der Waals surface area contributed by atoms with Crippen LogP contribution >= 0.6 is 11.3 Å². The van der Waals surface area contributed by atoms with Crippen LogP contribution in [0.25, 0.3) is 21.0 Å². The van der Waals surface area contributed by atoms with Crippen molar-refractivity contribution in [3.63, 3.8) is 0 Å². The smallest absolute Gasteiger partial charge is 0.332 e. The first-order valence-corrected chi connectivity index (χ1v) is 15.8. The van der Waals surface area contributed by atoms with E-state index in [1.54, 1.807) is 17.9 Å². The van der Waals surface area contributed by atoms with E-state index in [9.17, 15) is 14.7 Å². The van der Waals surface area contributed by atoms with Gasteiger partial charge >= 0.3 is 5.69 Å². The van der Waals surface area contributed by atoms with Crippen LogP contribution < -0.4 is 16.0 Å². The first kappa shape index (κ1) is 29.4. The summed E-state index contributed by atoms with van der Waals surface area (Å²) < 4.78 is 26.7. The summed E-state index contributed by atoms with van der Waals surface area (Å²) in [5, 5.41) is 14.8. The summed E-state index contributed by atoms with van der Waals surface area (Å²) in [5.41, 5.74) is 0.162. The maximum atomic E-state index is 14.4. The van der Waals surface area contributed by atoms with Crippen LogP contribution in [-0.2, 0) is 16.0 Å². The number of thiophene rings is 1. The van der Waals surface area contributed by atoms with E-state index in [2.05, 4.69) is 15.0 Å². The van der Waals surface area contributed by atoms with Crippen LogP contribution in [0.1, 0.15) is 43.0 Å². The van der Waals surface area contributed by atoms with Gasteiger partial charge in [0.2, 0.25) is 5.89 Å². The molecule has 0 radical (unpaired) electrons. The molecule has 44 heavy (non-hydrogen) atoms. The summed E-state index contributed by atoms with van der Waals surface area (Å²) in [5.74, 6) is 1.08. The number of benzene rings is 1. The molecule has 3 aliphatic rings. The number of oxazole rings is 1. The molecule has 1 N–H and O–H groups in total. The normalized spacial score (nSPS) is 20.5. The van der Waals surface area contributed by atoms with Gasteiger partial charge in [-0.3, -0.25) is 13.9 Å². The van der Waals surface area contributed by atoms with Crippen LogP contribution in [0, 0.1) is 6.92 Å². The Bertz CT molecular complexity index is 1760. The highest BCUT2D eigenvalue weighted by Gasteiger charge is 2.45. The maximum Gasteiger partial charge on any atom is 0.332 e. The molecule has 6 heterocycles. The minimum Gasteiger partial charge on any atom is -0.496 e. The number of aromatic nitrogens is 3. The fourth-order valence-corrected chi connectivity index (χ4v) is 7.75. The Labute approximate surface area is 258 Å². The van der Waals surface area contributed by atoms with Gasteiger partial charge in [-0.05, 0) is 38.3 Å². The molecule has 3 saturated heterocycles. The molecule has 0 bridgehead atoms. The number of aryl methyl sites for hydroxylation is 1. The second-order valence-electron chi connectivity index (χ2n) is 12.2. The van der Waals surface area contributed by atoms with Crippen molar-refractivity contribution in [3.05, 3.63) is 68.7 Å². The third-order valence-electron chi connectivity index (χ3n) is 8.88. The monoisotopic (exact) mass is 623 g/mol. The molecule has 4 aromatic rings. The Hall–Kier alpha value is -3.33. The summed E-state index contributed by atoms with van der Waals surface area (Å²) in [6.07, 6.45) is 4.01. The number of nitrogens with zero attached hydrogens (tertiary/aromatic N) is 5. The highest BCUT2D eigenvalue weighted by molar-refractivity contribution is 7.22. The topological polar surface area (TPSA) is 124 Å². The second kappa shape index (κ2) is 11.5. The van der Waals surface area contributed by atoms with E-state index in [0.717, 1.165) is 24.0 Å². The number of methoxy groups -OCH3 is 1. The molecule has 1 unspecified atom stereocenters. The van der Waals surface area contributed by atoms with Crippen molar-refractivity contribution < 1.29 is 23.7 Å². The highest BCUT2D eigenvalue weighted by atomic mass is 32.1. The summed E-state index contributed by atoms with van der Waals surface area (Å²) in [6.45, 7) is 7.20. The minimum absolute atomic E-state index is 0.0439. The van der Waals surface area contributed by atoms with Crippen LogP contribution in [-0.4, -0.2) is 87.5 Å². The number of β-amino-alcohol motifs (C(OH)–C–C–N with tert-alkyl or cyclic N) is 1. The van der Waals surface area contributed by atoms with Crippen molar-refractivity contribution in [3.8, 4) is 16.5 Å². The zero-order chi connectivity index (χ0) is 30.6. The highest BCUT2D eigenvalue weighted by Crippen LogP contribution is 2.38. The predicted octanol–water partition coefficient (Wildman–Crippen LogP) is 2.97. The SMILES string of the molecule is COc1ccccc1C(Cn1c(=O)n(C2CN(N3CC(C)(O)C3)C2)c(=O)c2c(C)c(-c3ncco3)sc21)OC1CCOCC1. The Morgan fingerprint density at radius 1 is 1.16 bits per heavy atom. The number of fused-ring (bicyclic) bond motifs is 1. The molecule has 0 amide bonds. The Morgan fingerprint density at radius 3 is 2.59 bits per heavy atom. The Kier molecular flexibility index (Phi) is 7.71. The second-order valence-corrected chi connectivity index (χ2v) is 13.2. The van der Waals surface area contributed by atoms with Gasteiger partial charge in [0.1, 0.15) is 22.9 Å². The van der Waals surface area contributed by atoms with Gasteiger partial charge in [-0.15, -0.1) is 11.3 Å². The number of hydrogen-bond donors (Lipinski definition) is 1. The molecule has 0 spiro atoms. The van der Waals surface area contributed by atoms with Crippen molar-refractivity contribution in [2.24, 2.45) is 0 Å². The Morgan fingerprint density at radius 2 is 1.91 bits per heavy atom. The molecule has 3 aliphatic heterocycles. The zero-order valence-electron chi connectivity index (χ0n) is 25.1. The molecule has 13 heteroatoms. The molecular weight excluding hydrogens is 586 g/mol. The van der Waals surface area contributed by atoms with Crippen molar-refractivity contribution in [1.29, 1.82) is 0 Å². The average molecular weight is 624 g/mol. The van der Waals surface area contributed by atoms with Crippen LogP contribution in [0.5, 0.6) is 5.75 Å². The lowest BCUT2D eigenvalue weighted by Crippen LogP contribution is -2.71. The van der Waals surface area contributed by atoms with Crippen molar-refractivity contribution >= 4 is 21.6 Å². The van der Waals surface area contributed by atoms with Crippen molar-refractivity contribution in [2.75, 3.05) is 46.5 Å². The van der Waals surface area contributed by atoms with Crippen molar-refractivity contribution in [1.82, 2.24) is 24.1 Å². The molecule has 12 nitrogen and oxygen atoms in total. The number of rotatable bonds is 9. The predicted molar refractivity (Wildman–Crippen MR) is 164 cm³/mol. The minimum atomic E-state index is -0.713. The number of para-hydroxylation sites is 1. The molecule has 1 aromatic carbocycles. The van der Waals surface area contributed by atoms with Crippen LogP contribution in [0.4, 0.5) is 0 Å². The number of aliphatic hydroxyl groups is 1. The zero-order valence-corrected chi connectivity index (χ0v) is 25.9. The summed E-state index contributed by atoms with van der Waals surface area (Å²) in [6, 6.07) is 7.39. The van der Waals surface area contributed by atoms with E-state index >= 15 is 0 Å². The third-order valence-corrected chi connectivity index (χ3v) is 10.2. The van der Waals surface area contributed by atoms with Gasteiger partial charge in [-0.2, -0.15) is 0 Å². The van der Waals surface area contributed by atoms with Gasteiger partial charge in [0.05, 0.1) is 47.9 Å². The quantitative estimate of drug-likeness (QED) is 0.298. The fraction of sp³-hybridized carbons (Fsp3) is 0.516. The molecule has 1 atom stereocenters. The summed E-state index contributed by atoms with van der Waals surface area (Å²) in [7, 11) is 1.63. The standard InChI is InChI=1S/C31H37N5O7S/c1-19-25-28(37)36(20-14-33(15-20)34-17-31(2,39)18-34)30(38)35(29(25)44-26(19)27-32-10-13-42-27)16-24(43-21-8-11-41-12-9-21)22-6-4-5-7-23(22)40-3/h4-7,10,13,20-21,24,39H,8-9,11-12,14-18H2,1-3H3. The van der Waals surface area contributed by atoms with E-state index < -0.39 is 11.7 Å². The lowest BCUT2D eigenvalue weighted by atomic mass is 9.98.